The zero-order chi connectivity index (χ0) is 13.8. The van der Waals surface area contributed by atoms with Crippen molar-refractivity contribution in [2.75, 3.05) is 13.7 Å². The van der Waals surface area contributed by atoms with Crippen molar-refractivity contribution < 1.29 is 4.74 Å². The summed E-state index contributed by atoms with van der Waals surface area (Å²) in [6.45, 7) is 5.86. The second-order valence-electron chi connectivity index (χ2n) is 4.95. The molecule has 2 aromatic rings. The van der Waals surface area contributed by atoms with Crippen LogP contribution in [0.5, 0.6) is 0 Å². The summed E-state index contributed by atoms with van der Waals surface area (Å²) in [7, 11) is 1.72. The van der Waals surface area contributed by atoms with Crippen LogP contribution < -0.4 is 5.73 Å². The molecule has 4 nitrogen and oxygen atoms in total. The van der Waals surface area contributed by atoms with Crippen molar-refractivity contribution in [2.45, 2.75) is 39.3 Å². The highest BCUT2D eigenvalue weighted by Crippen LogP contribution is 2.23. The first-order chi connectivity index (χ1) is 9.17. The number of imidazole rings is 1. The lowest BCUT2D eigenvalue weighted by Gasteiger charge is -2.13. The largest absolute Gasteiger partial charge is 0.385 e. The number of fused-ring (bicyclic) bond motifs is 1. The summed E-state index contributed by atoms with van der Waals surface area (Å²) in [5.41, 5.74) is 9.72. The van der Waals surface area contributed by atoms with E-state index in [2.05, 4.69) is 36.6 Å². The minimum absolute atomic E-state index is 0.0252. The number of nitrogens with two attached hydrogens (primary N) is 1. The van der Waals surface area contributed by atoms with Crippen LogP contribution in [0.3, 0.4) is 0 Å². The fourth-order valence-electron chi connectivity index (χ4n) is 2.45. The van der Waals surface area contributed by atoms with Crippen molar-refractivity contribution in [1.82, 2.24) is 9.55 Å². The van der Waals surface area contributed by atoms with Gasteiger partial charge in [-0.25, -0.2) is 4.98 Å². The number of ether oxygens (including phenoxy) is 1. The fraction of sp³-hybridized carbons (Fsp3) is 0.533. The Hall–Kier alpha value is -1.39. The van der Waals surface area contributed by atoms with Gasteiger partial charge < -0.3 is 15.0 Å². The average Bonchev–Trinajstić information content (AvgIpc) is 2.76. The number of benzene rings is 1. The highest BCUT2D eigenvalue weighted by Gasteiger charge is 2.15. The molecular weight excluding hydrogens is 238 g/mol. The van der Waals surface area contributed by atoms with Crippen LogP contribution in [0.2, 0.25) is 0 Å². The van der Waals surface area contributed by atoms with Gasteiger partial charge in [0.2, 0.25) is 0 Å². The normalized spacial score (nSPS) is 13.1. The van der Waals surface area contributed by atoms with Crippen LogP contribution in [-0.2, 0) is 11.3 Å². The predicted octanol–water partition coefficient (Wildman–Crippen LogP) is 2.79. The van der Waals surface area contributed by atoms with Gasteiger partial charge in [-0.2, -0.15) is 0 Å². The van der Waals surface area contributed by atoms with Gasteiger partial charge in [0.15, 0.2) is 0 Å². The lowest BCUT2D eigenvalue weighted by Crippen LogP contribution is -2.17. The Labute approximate surface area is 114 Å². The Bertz CT molecular complexity index is 548. The molecule has 0 aliphatic rings. The third-order valence-corrected chi connectivity index (χ3v) is 3.44. The molecule has 0 aliphatic carbocycles. The molecule has 0 aliphatic heterocycles. The Balaban J connectivity index is 2.31. The number of rotatable bonds is 6. The second-order valence-corrected chi connectivity index (χ2v) is 4.95. The molecule has 0 radical (unpaired) electrons. The van der Waals surface area contributed by atoms with Crippen molar-refractivity contribution in [3.05, 3.63) is 29.6 Å². The SMILES string of the molecule is CCn1c(C(N)CCCOC)nc2cc(C)ccc21. The molecule has 1 aromatic heterocycles. The zero-order valence-electron chi connectivity index (χ0n) is 12.0. The highest BCUT2D eigenvalue weighted by molar-refractivity contribution is 5.77. The maximum atomic E-state index is 6.28. The quantitative estimate of drug-likeness (QED) is 0.813. The second kappa shape index (κ2) is 6.17. The molecule has 0 spiro atoms. The molecule has 0 bridgehead atoms. The third kappa shape index (κ3) is 2.96. The van der Waals surface area contributed by atoms with Crippen molar-refractivity contribution >= 4 is 11.0 Å². The van der Waals surface area contributed by atoms with Gasteiger partial charge in [0.05, 0.1) is 17.1 Å². The van der Waals surface area contributed by atoms with Gasteiger partial charge in [-0.15, -0.1) is 0 Å². The first-order valence-corrected chi connectivity index (χ1v) is 6.88. The van der Waals surface area contributed by atoms with Gasteiger partial charge in [-0.3, -0.25) is 0 Å². The summed E-state index contributed by atoms with van der Waals surface area (Å²) < 4.78 is 7.29. The van der Waals surface area contributed by atoms with E-state index in [1.165, 1.54) is 11.1 Å². The molecule has 2 N–H and O–H groups in total. The summed E-state index contributed by atoms with van der Waals surface area (Å²) in [6, 6.07) is 6.35. The maximum Gasteiger partial charge on any atom is 0.126 e. The van der Waals surface area contributed by atoms with Crippen LogP contribution in [0.25, 0.3) is 11.0 Å². The summed E-state index contributed by atoms with van der Waals surface area (Å²) >= 11 is 0. The standard InChI is InChI=1S/C15H23N3O/c1-4-18-14-8-7-11(2)10-13(14)17-15(18)12(16)6-5-9-19-3/h7-8,10,12H,4-6,9,16H2,1-3H3. The Morgan fingerprint density at radius 1 is 1.42 bits per heavy atom. The Kier molecular flexibility index (Phi) is 4.56. The molecule has 0 fully saturated rings. The summed E-state index contributed by atoms with van der Waals surface area (Å²) in [5, 5.41) is 0. The van der Waals surface area contributed by atoms with E-state index in [-0.39, 0.29) is 6.04 Å². The van der Waals surface area contributed by atoms with E-state index < -0.39 is 0 Å². The molecule has 0 saturated heterocycles. The molecule has 1 aromatic carbocycles. The minimum atomic E-state index is -0.0252. The Morgan fingerprint density at radius 2 is 2.21 bits per heavy atom. The van der Waals surface area contributed by atoms with Crippen LogP contribution in [0.1, 0.15) is 37.2 Å². The number of aryl methyl sites for hydroxylation is 2. The van der Waals surface area contributed by atoms with E-state index >= 15 is 0 Å². The van der Waals surface area contributed by atoms with Gasteiger partial charge in [0.25, 0.3) is 0 Å². The summed E-state index contributed by atoms with van der Waals surface area (Å²) in [5.74, 6) is 0.985. The van der Waals surface area contributed by atoms with Crippen molar-refractivity contribution in [2.24, 2.45) is 5.73 Å². The minimum Gasteiger partial charge on any atom is -0.385 e. The topological polar surface area (TPSA) is 53.1 Å². The van der Waals surface area contributed by atoms with Gasteiger partial charge in [-0.05, 0) is 44.4 Å². The van der Waals surface area contributed by atoms with Crippen molar-refractivity contribution in [3.63, 3.8) is 0 Å². The predicted molar refractivity (Wildman–Crippen MR) is 78.2 cm³/mol. The number of aromatic nitrogens is 2. The molecule has 4 heteroatoms. The monoisotopic (exact) mass is 261 g/mol. The highest BCUT2D eigenvalue weighted by atomic mass is 16.5. The van der Waals surface area contributed by atoms with E-state index in [9.17, 15) is 0 Å². The van der Waals surface area contributed by atoms with E-state index in [1.54, 1.807) is 7.11 Å². The van der Waals surface area contributed by atoms with Crippen LogP contribution >= 0.6 is 0 Å². The first kappa shape index (κ1) is 14.0. The first-order valence-electron chi connectivity index (χ1n) is 6.88. The third-order valence-electron chi connectivity index (χ3n) is 3.44. The van der Waals surface area contributed by atoms with Gasteiger partial charge >= 0.3 is 0 Å². The number of nitrogens with zero attached hydrogens (tertiary/aromatic N) is 2. The molecule has 0 saturated carbocycles. The van der Waals surface area contributed by atoms with Crippen LogP contribution in [0.15, 0.2) is 18.2 Å². The molecule has 2 rings (SSSR count). The lowest BCUT2D eigenvalue weighted by molar-refractivity contribution is 0.190. The van der Waals surface area contributed by atoms with Crippen LogP contribution in [-0.4, -0.2) is 23.3 Å². The number of methoxy groups -OCH3 is 1. The maximum absolute atomic E-state index is 6.28. The number of hydrogen-bond donors (Lipinski definition) is 1. The van der Waals surface area contributed by atoms with Crippen molar-refractivity contribution in [3.8, 4) is 0 Å². The smallest absolute Gasteiger partial charge is 0.126 e. The summed E-state index contributed by atoms with van der Waals surface area (Å²) in [6.07, 6.45) is 1.86. The molecule has 0 amide bonds. The van der Waals surface area contributed by atoms with E-state index in [0.717, 1.165) is 37.3 Å². The number of hydrogen-bond acceptors (Lipinski definition) is 3. The molecule has 19 heavy (non-hydrogen) atoms. The Morgan fingerprint density at radius 3 is 2.89 bits per heavy atom. The molecular formula is C15H23N3O. The molecule has 1 heterocycles. The molecule has 1 unspecified atom stereocenters. The van der Waals surface area contributed by atoms with E-state index in [1.807, 2.05) is 0 Å². The van der Waals surface area contributed by atoms with E-state index in [4.69, 9.17) is 15.5 Å². The zero-order valence-corrected chi connectivity index (χ0v) is 12.0. The molecule has 104 valence electrons. The van der Waals surface area contributed by atoms with E-state index in [0.29, 0.717) is 0 Å². The van der Waals surface area contributed by atoms with Crippen molar-refractivity contribution in [1.29, 1.82) is 0 Å². The van der Waals surface area contributed by atoms with Gasteiger partial charge in [0.1, 0.15) is 5.82 Å². The van der Waals surface area contributed by atoms with Gasteiger partial charge in [0, 0.05) is 20.3 Å². The van der Waals surface area contributed by atoms with Crippen LogP contribution in [0, 0.1) is 6.92 Å². The summed E-state index contributed by atoms with van der Waals surface area (Å²) in [4.78, 5) is 4.72. The molecule has 1 atom stereocenters. The fourth-order valence-corrected chi connectivity index (χ4v) is 2.45. The lowest BCUT2D eigenvalue weighted by atomic mass is 10.1. The van der Waals surface area contributed by atoms with Crippen LogP contribution in [0.4, 0.5) is 0 Å². The average molecular weight is 261 g/mol. The van der Waals surface area contributed by atoms with Gasteiger partial charge in [-0.1, -0.05) is 6.07 Å².